The van der Waals surface area contributed by atoms with E-state index in [9.17, 15) is 31.5 Å². The van der Waals surface area contributed by atoms with Gasteiger partial charge in [0, 0.05) is 18.7 Å². The normalized spacial score (nSPS) is 17.6. The van der Waals surface area contributed by atoms with E-state index < -0.39 is 27.7 Å². The Kier molecular flexibility index (Phi) is 6.78. The molecule has 1 saturated heterocycles. The first-order valence-corrected chi connectivity index (χ1v) is 14.0. The van der Waals surface area contributed by atoms with Gasteiger partial charge in [0.05, 0.1) is 17.2 Å². The molecule has 0 radical (unpaired) electrons. The molecular weight excluding hydrogens is 533 g/mol. The van der Waals surface area contributed by atoms with Crippen LogP contribution in [0, 0.1) is 18.3 Å². The summed E-state index contributed by atoms with van der Waals surface area (Å²) in [6.07, 6.45) is -1.77. The molecule has 3 aromatic rings. The molecule has 39 heavy (non-hydrogen) atoms. The smallest absolute Gasteiger partial charge is 0.418 e. The van der Waals surface area contributed by atoms with Crippen LogP contribution in [0.5, 0.6) is 0 Å². The number of carboxylic acid groups (broad SMARTS) is 1. The molecule has 2 aliphatic rings. The van der Waals surface area contributed by atoms with E-state index in [0.717, 1.165) is 25.0 Å². The van der Waals surface area contributed by atoms with Crippen molar-refractivity contribution in [3.05, 3.63) is 65.7 Å². The predicted molar refractivity (Wildman–Crippen MR) is 139 cm³/mol. The highest BCUT2D eigenvalue weighted by Gasteiger charge is 2.48. The van der Waals surface area contributed by atoms with Crippen molar-refractivity contribution in [2.75, 3.05) is 22.7 Å². The van der Waals surface area contributed by atoms with Crippen LogP contribution < -0.4 is 9.62 Å². The number of hydrogen-bond donors (Lipinski definition) is 2. The number of sulfonamides is 1. The standard InChI is InChI=1S/C27H27F3N4O4S/c1-17-5-2-3-6-19(17)24-20(27(28,29)30)9-10-21(31-24)33-39(37,38)23-8-4-7-22(32-23)34-13-11-26(12-14-34)15-18(16-26)25(35)36/h2-10,18H,11-16H2,1H3,(H,31,33)(H,35,36). The molecule has 1 aliphatic heterocycles. The maximum atomic E-state index is 13.7. The molecule has 8 nitrogen and oxygen atoms in total. The highest BCUT2D eigenvalue weighted by molar-refractivity contribution is 7.92. The zero-order chi connectivity index (χ0) is 28.0. The third kappa shape index (κ3) is 5.42. The number of aromatic nitrogens is 2. The lowest BCUT2D eigenvalue weighted by atomic mass is 9.57. The third-order valence-corrected chi connectivity index (χ3v) is 8.94. The second kappa shape index (κ2) is 9.82. The molecule has 0 unspecified atom stereocenters. The van der Waals surface area contributed by atoms with E-state index in [-0.39, 0.29) is 33.4 Å². The number of aryl methyl sites for hydroxylation is 1. The summed E-state index contributed by atoms with van der Waals surface area (Å²) in [6.45, 7) is 2.90. The second-order valence-corrected chi connectivity index (χ2v) is 11.9. The molecule has 0 amide bonds. The van der Waals surface area contributed by atoms with E-state index in [1.165, 1.54) is 12.1 Å². The Morgan fingerprint density at radius 2 is 1.72 bits per heavy atom. The van der Waals surface area contributed by atoms with E-state index in [1.54, 1.807) is 37.3 Å². The van der Waals surface area contributed by atoms with Crippen molar-refractivity contribution in [3.63, 3.8) is 0 Å². The number of benzene rings is 1. The molecular formula is C27H27F3N4O4S. The van der Waals surface area contributed by atoms with Crippen molar-refractivity contribution < 1.29 is 31.5 Å². The SMILES string of the molecule is Cc1ccccc1-c1nc(NS(=O)(=O)c2cccc(N3CCC4(CC3)CC(C(=O)O)C4)n2)ccc1C(F)(F)F. The first kappa shape index (κ1) is 26.9. The average molecular weight is 561 g/mol. The minimum atomic E-state index is -4.68. The Bertz CT molecular complexity index is 1510. The Hall–Kier alpha value is -3.67. The van der Waals surface area contributed by atoms with Crippen LogP contribution in [0.3, 0.4) is 0 Å². The number of carbonyl (C=O) groups is 1. The van der Waals surface area contributed by atoms with Crippen LogP contribution in [0.15, 0.2) is 59.6 Å². The van der Waals surface area contributed by atoms with Crippen LogP contribution in [-0.4, -0.2) is 42.6 Å². The van der Waals surface area contributed by atoms with Crippen molar-refractivity contribution >= 4 is 27.6 Å². The lowest BCUT2D eigenvalue weighted by Gasteiger charge is -2.51. The van der Waals surface area contributed by atoms with Gasteiger partial charge in [0.25, 0.3) is 10.0 Å². The summed E-state index contributed by atoms with van der Waals surface area (Å²) in [6, 6.07) is 12.8. The molecule has 1 aliphatic carbocycles. The third-order valence-electron chi connectivity index (χ3n) is 7.68. The summed E-state index contributed by atoms with van der Waals surface area (Å²) in [5.74, 6) is -0.850. The lowest BCUT2D eigenvalue weighted by molar-refractivity contribution is -0.151. The number of halogens is 3. The van der Waals surface area contributed by atoms with Crippen LogP contribution in [0.25, 0.3) is 11.3 Å². The molecule has 2 fully saturated rings. The van der Waals surface area contributed by atoms with Gasteiger partial charge in [-0.05, 0) is 67.9 Å². The first-order valence-electron chi connectivity index (χ1n) is 12.5. The maximum Gasteiger partial charge on any atom is 0.418 e. The highest BCUT2D eigenvalue weighted by atomic mass is 32.2. The number of piperidine rings is 1. The van der Waals surface area contributed by atoms with Crippen molar-refractivity contribution in [1.82, 2.24) is 9.97 Å². The summed E-state index contributed by atoms with van der Waals surface area (Å²) in [5, 5.41) is 8.90. The molecule has 206 valence electrons. The number of hydrogen-bond acceptors (Lipinski definition) is 6. The molecule has 1 spiro atoms. The molecule has 0 atom stereocenters. The van der Waals surface area contributed by atoms with Gasteiger partial charge in [-0.2, -0.15) is 21.6 Å². The zero-order valence-electron chi connectivity index (χ0n) is 21.1. The Morgan fingerprint density at radius 1 is 1.03 bits per heavy atom. The number of anilines is 2. The number of carboxylic acids is 1. The van der Waals surface area contributed by atoms with Crippen molar-refractivity contribution in [3.8, 4) is 11.3 Å². The van der Waals surface area contributed by atoms with Gasteiger partial charge in [-0.3, -0.25) is 9.52 Å². The van der Waals surface area contributed by atoms with Crippen molar-refractivity contribution in [1.29, 1.82) is 0 Å². The molecule has 5 rings (SSSR count). The second-order valence-electron chi connectivity index (χ2n) is 10.3. The molecule has 1 aromatic carbocycles. The summed E-state index contributed by atoms with van der Waals surface area (Å²) < 4.78 is 69.8. The van der Waals surface area contributed by atoms with Gasteiger partial charge in [0.2, 0.25) is 0 Å². The van der Waals surface area contributed by atoms with Gasteiger partial charge in [-0.15, -0.1) is 0 Å². The van der Waals surface area contributed by atoms with Gasteiger partial charge in [0.1, 0.15) is 11.6 Å². The quantitative estimate of drug-likeness (QED) is 0.418. The first-order chi connectivity index (χ1) is 18.4. The monoisotopic (exact) mass is 560 g/mol. The van der Waals surface area contributed by atoms with Crippen molar-refractivity contribution in [2.45, 2.75) is 43.8 Å². The van der Waals surface area contributed by atoms with Gasteiger partial charge in [-0.1, -0.05) is 30.3 Å². The lowest BCUT2D eigenvalue weighted by Crippen LogP contribution is -2.49. The van der Waals surface area contributed by atoms with Crippen LogP contribution >= 0.6 is 0 Å². The van der Waals surface area contributed by atoms with Gasteiger partial charge in [-0.25, -0.2) is 9.97 Å². The minimum Gasteiger partial charge on any atom is -0.481 e. The molecule has 12 heteroatoms. The number of aliphatic carboxylic acids is 1. The number of nitrogens with one attached hydrogen (secondary N) is 1. The minimum absolute atomic E-state index is 0.0217. The van der Waals surface area contributed by atoms with E-state index in [4.69, 9.17) is 0 Å². The van der Waals surface area contributed by atoms with Gasteiger partial charge in [0.15, 0.2) is 5.03 Å². The topological polar surface area (TPSA) is 112 Å². The van der Waals surface area contributed by atoms with Crippen LogP contribution in [0.2, 0.25) is 0 Å². The zero-order valence-corrected chi connectivity index (χ0v) is 21.9. The van der Waals surface area contributed by atoms with Crippen LogP contribution in [-0.2, 0) is 21.0 Å². The summed E-state index contributed by atoms with van der Waals surface area (Å²) in [4.78, 5) is 21.5. The van der Waals surface area contributed by atoms with Crippen molar-refractivity contribution in [2.24, 2.45) is 11.3 Å². The summed E-state index contributed by atoms with van der Waals surface area (Å²) in [5.41, 5.74) is -0.508. The van der Waals surface area contributed by atoms with Crippen LogP contribution in [0.4, 0.5) is 24.8 Å². The maximum absolute atomic E-state index is 13.7. The van der Waals surface area contributed by atoms with Gasteiger partial charge >= 0.3 is 12.1 Å². The number of alkyl halides is 3. The summed E-state index contributed by atoms with van der Waals surface area (Å²) in [7, 11) is -4.26. The van der Waals surface area contributed by atoms with E-state index in [0.29, 0.717) is 37.3 Å². The van der Waals surface area contributed by atoms with E-state index in [1.807, 2.05) is 4.90 Å². The van der Waals surface area contributed by atoms with E-state index >= 15 is 0 Å². The fourth-order valence-electron chi connectivity index (χ4n) is 5.49. The predicted octanol–water partition coefficient (Wildman–Crippen LogP) is 5.35. The molecule has 2 aromatic heterocycles. The fraction of sp³-hybridized carbons (Fsp3) is 0.370. The number of nitrogens with zero attached hydrogens (tertiary/aromatic N) is 3. The molecule has 0 bridgehead atoms. The van der Waals surface area contributed by atoms with Gasteiger partial charge < -0.3 is 10.0 Å². The Labute approximate surface area is 224 Å². The van der Waals surface area contributed by atoms with Crippen LogP contribution in [0.1, 0.15) is 36.8 Å². The fourth-order valence-corrected chi connectivity index (χ4v) is 6.45. The van der Waals surface area contributed by atoms with E-state index in [2.05, 4.69) is 14.7 Å². The summed E-state index contributed by atoms with van der Waals surface area (Å²) >= 11 is 0. The average Bonchev–Trinajstić information content (AvgIpc) is 2.87. The molecule has 2 N–H and O–H groups in total. The molecule has 1 saturated carbocycles. The molecule has 3 heterocycles. The number of rotatable bonds is 6. The Balaban J connectivity index is 1.36. The number of pyridine rings is 2. The largest absolute Gasteiger partial charge is 0.481 e. The Morgan fingerprint density at radius 3 is 2.36 bits per heavy atom. The highest BCUT2D eigenvalue weighted by Crippen LogP contribution is 2.52.